The molecule has 0 bridgehead atoms. The van der Waals surface area contributed by atoms with Gasteiger partial charge in [0.05, 0.1) is 11.9 Å². The molecular formula is C20H25N3O. The summed E-state index contributed by atoms with van der Waals surface area (Å²) in [4.78, 5) is 19.2. The summed E-state index contributed by atoms with van der Waals surface area (Å²) in [6.07, 6.45) is 6.90. The number of carbonyl (C=O) groups excluding carboxylic acids is 1. The number of anilines is 2. The van der Waals surface area contributed by atoms with Crippen molar-refractivity contribution in [3.05, 3.63) is 53.3 Å². The van der Waals surface area contributed by atoms with Crippen LogP contribution in [0, 0.1) is 13.8 Å². The minimum atomic E-state index is -0.161. The first-order valence-electron chi connectivity index (χ1n) is 8.73. The molecule has 0 spiro atoms. The molecule has 0 saturated carbocycles. The summed E-state index contributed by atoms with van der Waals surface area (Å²) in [5.41, 5.74) is 4.59. The molecule has 4 heteroatoms. The van der Waals surface area contributed by atoms with E-state index in [4.69, 9.17) is 0 Å². The molecule has 1 aromatic heterocycles. The van der Waals surface area contributed by atoms with Gasteiger partial charge in [0, 0.05) is 18.8 Å². The lowest BCUT2D eigenvalue weighted by Crippen LogP contribution is -2.24. The van der Waals surface area contributed by atoms with Gasteiger partial charge in [-0.15, -0.1) is 0 Å². The van der Waals surface area contributed by atoms with Crippen molar-refractivity contribution in [2.75, 3.05) is 23.3 Å². The Balaban J connectivity index is 1.70. The molecular weight excluding hydrogens is 298 g/mol. The van der Waals surface area contributed by atoms with Crippen LogP contribution in [-0.2, 0) is 0 Å². The minimum Gasteiger partial charge on any atom is -0.370 e. The molecule has 3 rings (SSSR count). The Bertz CT molecular complexity index is 701. The lowest BCUT2D eigenvalue weighted by atomic mass is 10.1. The number of hydrogen-bond donors (Lipinski definition) is 1. The van der Waals surface area contributed by atoms with Gasteiger partial charge >= 0.3 is 0 Å². The standard InChI is InChI=1S/C20H25N3O/c1-15-7-8-16(2)19(13-15)22-20(24)18-10-9-17(14-21-18)23-11-5-3-4-6-12-23/h7-10,13-14H,3-6,11-12H2,1-2H3,(H,22,24). The number of aromatic nitrogens is 1. The van der Waals surface area contributed by atoms with Gasteiger partial charge in [0.1, 0.15) is 5.69 Å². The third-order valence-electron chi connectivity index (χ3n) is 4.59. The van der Waals surface area contributed by atoms with Crippen LogP contribution in [0.4, 0.5) is 11.4 Å². The van der Waals surface area contributed by atoms with Crippen molar-refractivity contribution < 1.29 is 4.79 Å². The topological polar surface area (TPSA) is 45.2 Å². The second-order valence-corrected chi connectivity index (χ2v) is 6.58. The highest BCUT2D eigenvalue weighted by molar-refractivity contribution is 6.03. The molecule has 1 aliphatic rings. The third kappa shape index (κ3) is 3.94. The van der Waals surface area contributed by atoms with Crippen LogP contribution in [0.15, 0.2) is 36.5 Å². The Morgan fingerprint density at radius 1 is 1.04 bits per heavy atom. The number of nitrogens with one attached hydrogen (secondary N) is 1. The Morgan fingerprint density at radius 2 is 1.79 bits per heavy atom. The molecule has 2 aromatic rings. The van der Waals surface area contributed by atoms with E-state index in [1.165, 1.54) is 25.7 Å². The number of carbonyl (C=O) groups is 1. The monoisotopic (exact) mass is 323 g/mol. The zero-order valence-corrected chi connectivity index (χ0v) is 14.5. The largest absolute Gasteiger partial charge is 0.370 e. The normalized spacial score (nSPS) is 15.0. The van der Waals surface area contributed by atoms with Crippen molar-refractivity contribution in [2.24, 2.45) is 0 Å². The number of benzene rings is 1. The Labute approximate surface area is 143 Å². The second-order valence-electron chi connectivity index (χ2n) is 6.58. The van der Waals surface area contributed by atoms with E-state index in [-0.39, 0.29) is 5.91 Å². The average Bonchev–Trinajstić information content (AvgIpc) is 2.87. The smallest absolute Gasteiger partial charge is 0.274 e. The van der Waals surface area contributed by atoms with Crippen molar-refractivity contribution in [3.63, 3.8) is 0 Å². The van der Waals surface area contributed by atoms with E-state index in [2.05, 4.69) is 15.2 Å². The molecule has 1 amide bonds. The highest BCUT2D eigenvalue weighted by atomic mass is 16.1. The molecule has 126 valence electrons. The Kier molecular flexibility index (Phi) is 5.14. The van der Waals surface area contributed by atoms with Gasteiger partial charge in [-0.05, 0) is 56.0 Å². The van der Waals surface area contributed by atoms with E-state index in [1.807, 2.05) is 50.4 Å². The molecule has 0 unspecified atom stereocenters. The van der Waals surface area contributed by atoms with Gasteiger partial charge in [-0.3, -0.25) is 4.79 Å². The predicted octanol–water partition coefficient (Wildman–Crippen LogP) is 4.33. The summed E-state index contributed by atoms with van der Waals surface area (Å²) in [5.74, 6) is -0.161. The van der Waals surface area contributed by atoms with Gasteiger partial charge in [0.25, 0.3) is 5.91 Å². The summed E-state index contributed by atoms with van der Waals surface area (Å²) in [6, 6.07) is 9.87. The predicted molar refractivity (Wildman–Crippen MR) is 98.8 cm³/mol. The van der Waals surface area contributed by atoms with Gasteiger partial charge < -0.3 is 10.2 Å². The lowest BCUT2D eigenvalue weighted by molar-refractivity contribution is 0.102. The van der Waals surface area contributed by atoms with Crippen molar-refractivity contribution >= 4 is 17.3 Å². The SMILES string of the molecule is Cc1ccc(C)c(NC(=O)c2ccc(N3CCCCCC3)cn2)c1. The van der Waals surface area contributed by atoms with E-state index in [0.717, 1.165) is 35.6 Å². The van der Waals surface area contributed by atoms with Crippen molar-refractivity contribution in [3.8, 4) is 0 Å². The lowest BCUT2D eigenvalue weighted by Gasteiger charge is -2.22. The molecule has 24 heavy (non-hydrogen) atoms. The maximum absolute atomic E-state index is 12.4. The molecule has 1 aromatic carbocycles. The molecule has 0 aliphatic carbocycles. The van der Waals surface area contributed by atoms with Crippen molar-refractivity contribution in [1.82, 2.24) is 4.98 Å². The first-order chi connectivity index (χ1) is 11.6. The summed E-state index contributed by atoms with van der Waals surface area (Å²) in [5, 5.41) is 2.96. The molecule has 1 saturated heterocycles. The maximum atomic E-state index is 12.4. The average molecular weight is 323 g/mol. The van der Waals surface area contributed by atoms with Crippen LogP contribution in [0.1, 0.15) is 47.3 Å². The molecule has 2 heterocycles. The van der Waals surface area contributed by atoms with E-state index >= 15 is 0 Å². The quantitative estimate of drug-likeness (QED) is 0.914. The number of nitrogens with zero attached hydrogens (tertiary/aromatic N) is 2. The molecule has 1 fully saturated rings. The first-order valence-corrected chi connectivity index (χ1v) is 8.73. The Hall–Kier alpha value is -2.36. The fourth-order valence-electron chi connectivity index (χ4n) is 3.09. The number of rotatable bonds is 3. The zero-order chi connectivity index (χ0) is 16.9. The minimum absolute atomic E-state index is 0.161. The van der Waals surface area contributed by atoms with Crippen LogP contribution in [0.2, 0.25) is 0 Å². The molecule has 1 N–H and O–H groups in total. The van der Waals surface area contributed by atoms with Crippen molar-refractivity contribution in [2.45, 2.75) is 39.5 Å². The summed E-state index contributed by atoms with van der Waals surface area (Å²) in [7, 11) is 0. The van der Waals surface area contributed by atoms with E-state index in [9.17, 15) is 4.79 Å². The number of hydrogen-bond acceptors (Lipinski definition) is 3. The second kappa shape index (κ2) is 7.47. The molecule has 1 aliphatic heterocycles. The molecule has 0 radical (unpaired) electrons. The molecule has 4 nitrogen and oxygen atoms in total. The van der Waals surface area contributed by atoms with Gasteiger partial charge in [0.15, 0.2) is 0 Å². The summed E-state index contributed by atoms with van der Waals surface area (Å²) < 4.78 is 0. The first kappa shape index (κ1) is 16.5. The van der Waals surface area contributed by atoms with E-state index in [1.54, 1.807) is 0 Å². The number of pyridine rings is 1. The molecule has 0 atom stereocenters. The summed E-state index contributed by atoms with van der Waals surface area (Å²) in [6.45, 7) is 6.17. The van der Waals surface area contributed by atoms with Gasteiger partial charge in [0.2, 0.25) is 0 Å². The van der Waals surface area contributed by atoms with Crippen molar-refractivity contribution in [1.29, 1.82) is 0 Å². The van der Waals surface area contributed by atoms with Crippen LogP contribution in [0.3, 0.4) is 0 Å². The summed E-state index contributed by atoms with van der Waals surface area (Å²) >= 11 is 0. The number of aryl methyl sites for hydroxylation is 2. The van der Waals surface area contributed by atoms with Crippen LogP contribution >= 0.6 is 0 Å². The fraction of sp³-hybridized carbons (Fsp3) is 0.400. The van der Waals surface area contributed by atoms with Crippen LogP contribution in [0.25, 0.3) is 0 Å². The van der Waals surface area contributed by atoms with E-state index in [0.29, 0.717) is 5.69 Å². The van der Waals surface area contributed by atoms with E-state index < -0.39 is 0 Å². The van der Waals surface area contributed by atoms with Crippen LogP contribution < -0.4 is 10.2 Å². The van der Waals surface area contributed by atoms with Crippen LogP contribution in [-0.4, -0.2) is 24.0 Å². The maximum Gasteiger partial charge on any atom is 0.274 e. The fourth-order valence-corrected chi connectivity index (χ4v) is 3.09. The van der Waals surface area contributed by atoms with Gasteiger partial charge in [-0.25, -0.2) is 4.98 Å². The third-order valence-corrected chi connectivity index (χ3v) is 4.59. The number of amides is 1. The van der Waals surface area contributed by atoms with Crippen LogP contribution in [0.5, 0.6) is 0 Å². The highest BCUT2D eigenvalue weighted by Gasteiger charge is 2.13. The van der Waals surface area contributed by atoms with Gasteiger partial charge in [-0.1, -0.05) is 25.0 Å². The van der Waals surface area contributed by atoms with Gasteiger partial charge in [-0.2, -0.15) is 0 Å². The Morgan fingerprint density at radius 3 is 2.46 bits per heavy atom. The zero-order valence-electron chi connectivity index (χ0n) is 14.5. The highest BCUT2D eigenvalue weighted by Crippen LogP contribution is 2.20.